The minimum atomic E-state index is -4.54. The number of carbonyl (C=O) groups excluding carboxylic acids is 1. The number of hydrogen-bond acceptors (Lipinski definition) is 6. The molecule has 1 unspecified atom stereocenters. The van der Waals surface area contributed by atoms with Gasteiger partial charge >= 0.3 is 12.2 Å². The minimum Gasteiger partial charge on any atom is -0.455 e. The predicted molar refractivity (Wildman–Crippen MR) is 157 cm³/mol. The first kappa shape index (κ1) is 28.9. The van der Waals surface area contributed by atoms with Crippen LogP contribution in [0.2, 0.25) is 0 Å². The Kier molecular flexibility index (Phi) is 7.97. The van der Waals surface area contributed by atoms with E-state index < -0.39 is 17.8 Å². The van der Waals surface area contributed by atoms with E-state index in [9.17, 15) is 18.0 Å². The molecule has 0 aliphatic carbocycles. The molecule has 0 radical (unpaired) electrons. The zero-order valence-electron chi connectivity index (χ0n) is 24.1. The van der Waals surface area contributed by atoms with E-state index in [0.717, 1.165) is 55.4 Å². The molecule has 2 aliphatic rings. The molecule has 1 fully saturated rings. The van der Waals surface area contributed by atoms with Gasteiger partial charge in [0.15, 0.2) is 0 Å². The lowest BCUT2D eigenvalue weighted by Crippen LogP contribution is -2.45. The second-order valence-electron chi connectivity index (χ2n) is 11.0. The number of nitrogens with zero attached hydrogens (tertiary/aromatic N) is 5. The summed E-state index contributed by atoms with van der Waals surface area (Å²) in [6.45, 7) is 8.62. The Balaban J connectivity index is 1.16. The number of piperazine rings is 1. The molecular formula is C31H34F3N7O2. The molecule has 12 heteroatoms. The van der Waals surface area contributed by atoms with Gasteiger partial charge in [0.25, 0.3) is 0 Å². The van der Waals surface area contributed by atoms with Crippen molar-refractivity contribution >= 4 is 22.8 Å². The summed E-state index contributed by atoms with van der Waals surface area (Å²) >= 11 is 0. The fourth-order valence-electron chi connectivity index (χ4n) is 5.89. The molecule has 0 saturated carbocycles. The van der Waals surface area contributed by atoms with Gasteiger partial charge in [-0.3, -0.25) is 9.88 Å². The zero-order valence-corrected chi connectivity index (χ0v) is 24.1. The van der Waals surface area contributed by atoms with Crippen molar-refractivity contribution < 1.29 is 22.7 Å². The smallest absolute Gasteiger partial charge is 0.416 e. The summed E-state index contributed by atoms with van der Waals surface area (Å²) in [6, 6.07) is 8.75. The van der Waals surface area contributed by atoms with Crippen LogP contribution in [-0.2, 0) is 19.1 Å². The van der Waals surface area contributed by atoms with Crippen LogP contribution in [0.5, 0.6) is 11.5 Å². The summed E-state index contributed by atoms with van der Waals surface area (Å²) in [4.78, 5) is 31.2. The van der Waals surface area contributed by atoms with Gasteiger partial charge in [-0.15, -0.1) is 0 Å². The average Bonchev–Trinajstić information content (AvgIpc) is 3.48. The van der Waals surface area contributed by atoms with Crippen molar-refractivity contribution in [3.05, 3.63) is 77.4 Å². The SMILES string of the molecule is CCN1CCN(Cc2ccc(NC(=O)N3CCc4ncc(Oc5ccnc6[nH]ccc56)cc4C3C)cc2C(F)(F)F)CC1. The highest BCUT2D eigenvalue weighted by Crippen LogP contribution is 2.36. The Morgan fingerprint density at radius 1 is 1.07 bits per heavy atom. The Morgan fingerprint density at radius 3 is 2.63 bits per heavy atom. The molecule has 2 N–H and O–H groups in total. The predicted octanol–water partition coefficient (Wildman–Crippen LogP) is 6.06. The van der Waals surface area contributed by atoms with Crippen LogP contribution in [0.4, 0.5) is 23.7 Å². The number of urea groups is 1. The van der Waals surface area contributed by atoms with Crippen LogP contribution in [-0.4, -0.2) is 75.0 Å². The normalized spacial score (nSPS) is 18.1. The second kappa shape index (κ2) is 11.8. The van der Waals surface area contributed by atoms with E-state index in [0.29, 0.717) is 30.1 Å². The summed E-state index contributed by atoms with van der Waals surface area (Å²) in [5, 5.41) is 3.54. The van der Waals surface area contributed by atoms with Crippen molar-refractivity contribution in [2.75, 3.05) is 44.6 Å². The second-order valence-corrected chi connectivity index (χ2v) is 11.0. The molecule has 9 nitrogen and oxygen atoms in total. The number of alkyl halides is 3. The molecule has 0 spiro atoms. The first-order valence-corrected chi connectivity index (χ1v) is 14.5. The number of pyridine rings is 2. The molecule has 3 aromatic heterocycles. The molecule has 2 amide bonds. The maximum Gasteiger partial charge on any atom is 0.416 e. The molecule has 4 aromatic rings. The number of rotatable bonds is 6. The molecule has 0 bridgehead atoms. The van der Waals surface area contributed by atoms with Crippen molar-refractivity contribution in [2.45, 2.75) is 39.0 Å². The lowest BCUT2D eigenvalue weighted by atomic mass is 9.98. The minimum absolute atomic E-state index is 0.110. The van der Waals surface area contributed by atoms with Crippen LogP contribution in [0.1, 0.15) is 42.3 Å². The molecule has 1 atom stereocenters. The van der Waals surface area contributed by atoms with Gasteiger partial charge in [-0.05, 0) is 54.9 Å². The highest BCUT2D eigenvalue weighted by atomic mass is 19.4. The van der Waals surface area contributed by atoms with E-state index in [-0.39, 0.29) is 23.8 Å². The third kappa shape index (κ3) is 6.16. The van der Waals surface area contributed by atoms with Crippen LogP contribution >= 0.6 is 0 Å². The summed E-state index contributed by atoms with van der Waals surface area (Å²) in [6.07, 6.45) is 1.07. The Labute approximate surface area is 247 Å². The highest BCUT2D eigenvalue weighted by molar-refractivity contribution is 5.90. The number of fused-ring (bicyclic) bond motifs is 2. The van der Waals surface area contributed by atoms with E-state index in [1.165, 1.54) is 6.07 Å². The number of ether oxygens (including phenoxy) is 1. The number of likely N-dealkylation sites (N-methyl/N-ethyl adjacent to an activating group) is 1. The average molecular weight is 594 g/mol. The molecule has 1 aromatic carbocycles. The van der Waals surface area contributed by atoms with Crippen LogP contribution in [0, 0.1) is 0 Å². The van der Waals surface area contributed by atoms with E-state index in [1.807, 2.05) is 24.0 Å². The number of aromatic amines is 1. The Hall–Kier alpha value is -4.16. The molecule has 1 saturated heterocycles. The fourth-order valence-corrected chi connectivity index (χ4v) is 5.89. The van der Waals surface area contributed by atoms with E-state index in [1.54, 1.807) is 35.6 Å². The quantitative estimate of drug-likeness (QED) is 0.283. The van der Waals surface area contributed by atoms with Gasteiger partial charge < -0.3 is 24.8 Å². The largest absolute Gasteiger partial charge is 0.455 e. The fraction of sp³-hybridized carbons (Fsp3) is 0.387. The van der Waals surface area contributed by atoms with Gasteiger partial charge in [-0.25, -0.2) is 9.78 Å². The lowest BCUT2D eigenvalue weighted by molar-refractivity contribution is -0.138. The number of benzene rings is 1. The summed E-state index contributed by atoms with van der Waals surface area (Å²) in [5.74, 6) is 1.14. The number of hydrogen-bond donors (Lipinski definition) is 2. The first-order chi connectivity index (χ1) is 20.7. The highest BCUT2D eigenvalue weighted by Gasteiger charge is 2.35. The molecule has 6 rings (SSSR count). The van der Waals surface area contributed by atoms with Crippen molar-refractivity contribution in [3.63, 3.8) is 0 Å². The molecule has 5 heterocycles. The van der Waals surface area contributed by atoms with Gasteiger partial charge in [0.2, 0.25) is 0 Å². The standard InChI is InChI=1S/C31H34F3N7O2/c1-3-39-12-14-40(15-13-39)19-21-4-5-22(16-26(21)31(32,33)34)38-30(42)41-11-8-27-25(20(41)2)17-23(18-37-27)43-28-7-10-36-29-24(28)6-9-35-29/h4-7,9-10,16-18,20H,3,8,11-15,19H2,1-2H3,(H,35,36)(H,38,42). The number of anilines is 1. The first-order valence-electron chi connectivity index (χ1n) is 14.5. The van der Waals surface area contributed by atoms with Gasteiger partial charge in [0, 0.05) is 69.5 Å². The number of amides is 2. The lowest BCUT2D eigenvalue weighted by Gasteiger charge is -2.35. The van der Waals surface area contributed by atoms with Crippen LogP contribution < -0.4 is 10.1 Å². The number of aromatic nitrogens is 3. The summed E-state index contributed by atoms with van der Waals surface area (Å²) < 4.78 is 48.4. The molecular weight excluding hydrogens is 559 g/mol. The van der Waals surface area contributed by atoms with Gasteiger partial charge in [0.1, 0.15) is 17.1 Å². The summed E-state index contributed by atoms with van der Waals surface area (Å²) in [5.41, 5.74) is 1.98. The van der Waals surface area contributed by atoms with Crippen molar-refractivity contribution in [2.24, 2.45) is 0 Å². The van der Waals surface area contributed by atoms with E-state index in [4.69, 9.17) is 4.74 Å². The van der Waals surface area contributed by atoms with Crippen LogP contribution in [0.25, 0.3) is 11.0 Å². The van der Waals surface area contributed by atoms with Crippen LogP contribution in [0.3, 0.4) is 0 Å². The van der Waals surface area contributed by atoms with E-state index in [2.05, 4.69) is 32.1 Å². The Morgan fingerprint density at radius 2 is 1.86 bits per heavy atom. The molecule has 43 heavy (non-hydrogen) atoms. The van der Waals surface area contributed by atoms with Crippen molar-refractivity contribution in [3.8, 4) is 11.5 Å². The number of H-pyrrole nitrogens is 1. The monoisotopic (exact) mass is 593 g/mol. The van der Waals surface area contributed by atoms with Crippen molar-refractivity contribution in [1.82, 2.24) is 29.7 Å². The number of carbonyl (C=O) groups is 1. The maximum atomic E-state index is 14.1. The van der Waals surface area contributed by atoms with Gasteiger partial charge in [-0.2, -0.15) is 13.2 Å². The van der Waals surface area contributed by atoms with Gasteiger partial charge in [0.05, 0.1) is 23.2 Å². The third-order valence-electron chi connectivity index (χ3n) is 8.37. The third-order valence-corrected chi connectivity index (χ3v) is 8.37. The van der Waals surface area contributed by atoms with Crippen LogP contribution in [0.15, 0.2) is 55.0 Å². The molecule has 2 aliphatic heterocycles. The molecule has 226 valence electrons. The zero-order chi connectivity index (χ0) is 30.1. The number of nitrogens with one attached hydrogen (secondary N) is 2. The van der Waals surface area contributed by atoms with Gasteiger partial charge in [-0.1, -0.05) is 13.0 Å². The number of halogens is 3. The maximum absolute atomic E-state index is 14.1. The summed E-state index contributed by atoms with van der Waals surface area (Å²) in [7, 11) is 0. The topological polar surface area (TPSA) is 89.6 Å². The van der Waals surface area contributed by atoms with E-state index >= 15 is 0 Å². The Bertz CT molecular complexity index is 1610. The van der Waals surface area contributed by atoms with Crippen molar-refractivity contribution in [1.29, 1.82) is 0 Å².